The first-order chi connectivity index (χ1) is 11.6. The molecule has 2 heteroatoms. The van der Waals surface area contributed by atoms with Gasteiger partial charge in [0.25, 0.3) is 0 Å². The van der Waals surface area contributed by atoms with Gasteiger partial charge in [0.15, 0.2) is 0 Å². The third kappa shape index (κ3) is 3.01. The summed E-state index contributed by atoms with van der Waals surface area (Å²) in [5.74, 6) is 2.34. The Labute approximate surface area is 146 Å². The highest BCUT2D eigenvalue weighted by Gasteiger charge is 2.55. The molecule has 1 aliphatic heterocycles. The lowest BCUT2D eigenvalue weighted by atomic mass is 9.78. The van der Waals surface area contributed by atoms with Crippen LogP contribution in [0.25, 0.3) is 6.08 Å². The van der Waals surface area contributed by atoms with E-state index in [4.69, 9.17) is 9.47 Å². The van der Waals surface area contributed by atoms with Gasteiger partial charge in [0.1, 0.15) is 11.4 Å². The van der Waals surface area contributed by atoms with E-state index in [9.17, 15) is 0 Å². The molecule has 0 unspecified atom stereocenters. The maximum Gasteiger partial charge on any atom is 0.211 e. The second kappa shape index (κ2) is 6.22. The predicted molar refractivity (Wildman–Crippen MR) is 97.3 cm³/mol. The molecule has 1 aromatic rings. The zero-order valence-electron chi connectivity index (χ0n) is 15.1. The number of ether oxygens (including phenoxy) is 2. The molecule has 2 saturated carbocycles. The van der Waals surface area contributed by atoms with Gasteiger partial charge in [0.2, 0.25) is 5.79 Å². The molecule has 2 aliphatic carbocycles. The monoisotopic (exact) mass is 326 g/mol. The van der Waals surface area contributed by atoms with Crippen LogP contribution in [0.2, 0.25) is 0 Å². The smallest absolute Gasteiger partial charge is 0.211 e. The number of rotatable bonds is 1. The van der Waals surface area contributed by atoms with Gasteiger partial charge in [-0.1, -0.05) is 44.2 Å². The summed E-state index contributed by atoms with van der Waals surface area (Å²) in [7, 11) is 0. The summed E-state index contributed by atoms with van der Waals surface area (Å²) < 4.78 is 13.4. The van der Waals surface area contributed by atoms with Gasteiger partial charge in [0, 0.05) is 12.8 Å². The van der Waals surface area contributed by atoms with Gasteiger partial charge >= 0.3 is 0 Å². The first-order valence-electron chi connectivity index (χ1n) is 9.76. The van der Waals surface area contributed by atoms with Crippen LogP contribution in [0.1, 0.15) is 70.8 Å². The molecule has 0 aromatic heterocycles. The van der Waals surface area contributed by atoms with Crippen LogP contribution in [-0.4, -0.2) is 11.4 Å². The van der Waals surface area contributed by atoms with Gasteiger partial charge in [-0.05, 0) is 62.0 Å². The standard InChI is InChI=1S/C22H30O2/c1-17-8-12-21(13-9-17)20(16-19-6-4-3-5-7-19)23-22(24-21)14-10-18(2)11-15-22/h3-7,16-18H,8-15H2,1-2H3/b20-16-. The van der Waals surface area contributed by atoms with E-state index in [1.807, 2.05) is 0 Å². The second-order valence-corrected chi connectivity index (χ2v) is 8.39. The molecule has 2 spiro atoms. The van der Waals surface area contributed by atoms with Gasteiger partial charge in [-0.25, -0.2) is 0 Å². The van der Waals surface area contributed by atoms with Crippen LogP contribution in [0.3, 0.4) is 0 Å². The van der Waals surface area contributed by atoms with Crippen molar-refractivity contribution in [3.8, 4) is 0 Å². The van der Waals surface area contributed by atoms with Crippen molar-refractivity contribution in [1.29, 1.82) is 0 Å². The summed E-state index contributed by atoms with van der Waals surface area (Å²) in [6.45, 7) is 4.71. The molecule has 1 heterocycles. The third-order valence-electron chi connectivity index (χ3n) is 6.34. The molecule has 130 valence electrons. The fourth-order valence-corrected chi connectivity index (χ4v) is 4.57. The maximum atomic E-state index is 6.81. The summed E-state index contributed by atoms with van der Waals surface area (Å²) in [6.07, 6.45) is 11.4. The SMILES string of the molecule is CC1CCC2(CC1)O/C(=C\c1ccccc1)C1(CCC(C)CC1)O2. The Morgan fingerprint density at radius 2 is 1.46 bits per heavy atom. The molecule has 3 aliphatic rings. The van der Waals surface area contributed by atoms with Gasteiger partial charge in [-0.2, -0.15) is 0 Å². The molecule has 0 radical (unpaired) electrons. The van der Waals surface area contributed by atoms with Gasteiger partial charge in [0.05, 0.1) is 0 Å². The molecule has 2 nitrogen and oxygen atoms in total. The molecule has 24 heavy (non-hydrogen) atoms. The third-order valence-corrected chi connectivity index (χ3v) is 6.34. The van der Waals surface area contributed by atoms with E-state index in [0.717, 1.165) is 43.3 Å². The van der Waals surface area contributed by atoms with E-state index in [-0.39, 0.29) is 11.4 Å². The first kappa shape index (κ1) is 16.2. The van der Waals surface area contributed by atoms with Crippen LogP contribution in [-0.2, 0) is 9.47 Å². The van der Waals surface area contributed by atoms with Crippen molar-refractivity contribution in [1.82, 2.24) is 0 Å². The molecular formula is C22H30O2. The summed E-state index contributed by atoms with van der Waals surface area (Å²) in [5.41, 5.74) is 1.04. The summed E-state index contributed by atoms with van der Waals surface area (Å²) in [4.78, 5) is 0. The topological polar surface area (TPSA) is 18.5 Å². The van der Waals surface area contributed by atoms with Crippen molar-refractivity contribution in [2.45, 2.75) is 76.6 Å². The van der Waals surface area contributed by atoms with Crippen molar-refractivity contribution >= 4 is 6.08 Å². The van der Waals surface area contributed by atoms with Crippen LogP contribution >= 0.6 is 0 Å². The molecule has 4 rings (SSSR count). The molecule has 1 saturated heterocycles. The van der Waals surface area contributed by atoms with Crippen LogP contribution < -0.4 is 0 Å². The van der Waals surface area contributed by atoms with Gasteiger partial charge in [-0.3, -0.25) is 0 Å². The summed E-state index contributed by atoms with van der Waals surface area (Å²) in [5, 5.41) is 0. The quantitative estimate of drug-likeness (QED) is 0.637. The lowest BCUT2D eigenvalue weighted by Gasteiger charge is -2.38. The Balaban J connectivity index is 1.65. The van der Waals surface area contributed by atoms with Crippen molar-refractivity contribution in [3.63, 3.8) is 0 Å². The molecular weight excluding hydrogens is 296 g/mol. The maximum absolute atomic E-state index is 6.81. The van der Waals surface area contributed by atoms with Gasteiger partial charge < -0.3 is 9.47 Å². The lowest BCUT2D eigenvalue weighted by molar-refractivity contribution is -0.212. The highest BCUT2D eigenvalue weighted by Crippen LogP contribution is 2.54. The number of benzene rings is 1. The molecule has 1 aromatic carbocycles. The highest BCUT2D eigenvalue weighted by atomic mass is 16.8. The van der Waals surface area contributed by atoms with Crippen molar-refractivity contribution in [2.24, 2.45) is 11.8 Å². The molecule has 0 N–H and O–H groups in total. The molecule has 0 bridgehead atoms. The van der Waals surface area contributed by atoms with Crippen molar-refractivity contribution in [2.75, 3.05) is 0 Å². The molecule has 0 amide bonds. The zero-order valence-corrected chi connectivity index (χ0v) is 15.1. The average molecular weight is 326 g/mol. The fraction of sp³-hybridized carbons (Fsp3) is 0.636. The Bertz CT molecular complexity index is 588. The largest absolute Gasteiger partial charge is 0.464 e. The van der Waals surface area contributed by atoms with E-state index >= 15 is 0 Å². The van der Waals surface area contributed by atoms with Gasteiger partial charge in [-0.15, -0.1) is 0 Å². The van der Waals surface area contributed by atoms with E-state index < -0.39 is 0 Å². The van der Waals surface area contributed by atoms with E-state index in [2.05, 4.69) is 50.3 Å². The Morgan fingerprint density at radius 1 is 0.875 bits per heavy atom. The van der Waals surface area contributed by atoms with Crippen LogP contribution in [0.5, 0.6) is 0 Å². The van der Waals surface area contributed by atoms with Crippen LogP contribution in [0.15, 0.2) is 36.1 Å². The Morgan fingerprint density at radius 3 is 2.08 bits per heavy atom. The molecule has 3 fully saturated rings. The first-order valence-corrected chi connectivity index (χ1v) is 9.76. The van der Waals surface area contributed by atoms with Crippen LogP contribution in [0.4, 0.5) is 0 Å². The average Bonchev–Trinajstić information content (AvgIpc) is 2.88. The fourth-order valence-electron chi connectivity index (χ4n) is 4.57. The second-order valence-electron chi connectivity index (χ2n) is 8.39. The highest BCUT2D eigenvalue weighted by molar-refractivity contribution is 5.54. The Kier molecular flexibility index (Phi) is 4.20. The number of hydrogen-bond acceptors (Lipinski definition) is 2. The van der Waals surface area contributed by atoms with Crippen molar-refractivity contribution < 1.29 is 9.47 Å². The van der Waals surface area contributed by atoms with E-state index in [0.29, 0.717) is 0 Å². The van der Waals surface area contributed by atoms with E-state index in [1.54, 1.807) is 0 Å². The normalized spacial score (nSPS) is 41.0. The minimum Gasteiger partial charge on any atom is -0.464 e. The predicted octanol–water partition coefficient (Wildman–Crippen LogP) is 5.93. The Hall–Kier alpha value is -1.28. The van der Waals surface area contributed by atoms with Crippen LogP contribution in [0, 0.1) is 11.8 Å². The summed E-state index contributed by atoms with van der Waals surface area (Å²) in [6, 6.07) is 10.6. The zero-order chi connectivity index (χ0) is 16.6. The minimum absolute atomic E-state index is 0.178. The lowest BCUT2D eigenvalue weighted by Crippen LogP contribution is -2.41. The number of hydrogen-bond donors (Lipinski definition) is 0. The summed E-state index contributed by atoms with van der Waals surface area (Å²) >= 11 is 0. The van der Waals surface area contributed by atoms with Crippen molar-refractivity contribution in [3.05, 3.63) is 41.7 Å². The minimum atomic E-state index is -0.353. The van der Waals surface area contributed by atoms with E-state index in [1.165, 1.54) is 31.2 Å². The molecule has 0 atom stereocenters.